The highest BCUT2D eigenvalue weighted by Crippen LogP contribution is 2.25. The van der Waals surface area contributed by atoms with E-state index in [1.54, 1.807) is 0 Å². The average molecular weight is 256 g/mol. The molecule has 0 aromatic heterocycles. The van der Waals surface area contributed by atoms with Gasteiger partial charge in [-0.15, -0.1) is 0 Å². The number of carboxylic acid groups (broad SMARTS) is 2. The number of rotatable bonds is 5. The fourth-order valence-electron chi connectivity index (χ4n) is 1.39. The van der Waals surface area contributed by atoms with Crippen LogP contribution >= 0.6 is 0 Å². The molecule has 1 rings (SSSR count). The van der Waals surface area contributed by atoms with Gasteiger partial charge in [-0.25, -0.2) is 9.59 Å². The molecule has 0 amide bonds. The van der Waals surface area contributed by atoms with E-state index in [0.717, 1.165) is 6.07 Å². The minimum absolute atomic E-state index is 0.0309. The molecule has 7 heteroatoms. The zero-order valence-electron chi connectivity index (χ0n) is 9.40. The van der Waals surface area contributed by atoms with E-state index in [9.17, 15) is 19.8 Å². The van der Waals surface area contributed by atoms with E-state index >= 15 is 0 Å². The number of aliphatic hydroxyl groups is 2. The normalized spacial score (nSPS) is 13.7. The van der Waals surface area contributed by atoms with E-state index in [1.165, 1.54) is 19.2 Å². The van der Waals surface area contributed by atoms with Crippen molar-refractivity contribution in [2.45, 2.75) is 12.2 Å². The van der Waals surface area contributed by atoms with Crippen molar-refractivity contribution >= 4 is 11.9 Å². The van der Waals surface area contributed by atoms with Gasteiger partial charge >= 0.3 is 11.9 Å². The van der Waals surface area contributed by atoms with Crippen LogP contribution in [-0.2, 0) is 4.79 Å². The molecule has 0 radical (unpaired) electrons. The van der Waals surface area contributed by atoms with Crippen molar-refractivity contribution in [3.05, 3.63) is 29.3 Å². The van der Waals surface area contributed by atoms with Gasteiger partial charge in [-0.05, 0) is 17.7 Å². The first-order chi connectivity index (χ1) is 8.38. The molecule has 2 atom stereocenters. The lowest BCUT2D eigenvalue weighted by molar-refractivity contribution is -0.153. The van der Waals surface area contributed by atoms with Gasteiger partial charge in [-0.2, -0.15) is 0 Å². The van der Waals surface area contributed by atoms with E-state index in [-0.39, 0.29) is 16.9 Å². The number of hydrogen-bond donors (Lipinski definition) is 4. The van der Waals surface area contributed by atoms with Gasteiger partial charge < -0.3 is 25.2 Å². The summed E-state index contributed by atoms with van der Waals surface area (Å²) in [7, 11) is 1.24. The first-order valence-corrected chi connectivity index (χ1v) is 4.88. The van der Waals surface area contributed by atoms with Gasteiger partial charge in [0, 0.05) is 0 Å². The maximum absolute atomic E-state index is 10.8. The summed E-state index contributed by atoms with van der Waals surface area (Å²) in [5, 5.41) is 36.1. The number of ether oxygens (including phenoxy) is 1. The fourth-order valence-corrected chi connectivity index (χ4v) is 1.39. The third-order valence-electron chi connectivity index (χ3n) is 2.35. The Kier molecular flexibility index (Phi) is 4.24. The van der Waals surface area contributed by atoms with E-state index in [1.807, 2.05) is 0 Å². The lowest BCUT2D eigenvalue weighted by Gasteiger charge is -2.15. The molecule has 0 saturated heterocycles. The maximum Gasteiger partial charge on any atom is 0.339 e. The number of carbonyl (C=O) groups is 2. The Balaban J connectivity index is 3.13. The molecule has 0 fully saturated rings. The third-order valence-corrected chi connectivity index (χ3v) is 2.35. The lowest BCUT2D eigenvalue weighted by Crippen LogP contribution is -2.27. The molecular formula is C11H12O7. The largest absolute Gasteiger partial charge is 0.496 e. The molecule has 18 heavy (non-hydrogen) atoms. The molecule has 2 unspecified atom stereocenters. The zero-order valence-corrected chi connectivity index (χ0v) is 9.40. The van der Waals surface area contributed by atoms with Crippen molar-refractivity contribution in [2.75, 3.05) is 7.11 Å². The minimum Gasteiger partial charge on any atom is -0.496 e. The van der Waals surface area contributed by atoms with Crippen LogP contribution < -0.4 is 4.74 Å². The van der Waals surface area contributed by atoms with E-state index in [2.05, 4.69) is 0 Å². The third kappa shape index (κ3) is 2.76. The number of benzene rings is 1. The van der Waals surface area contributed by atoms with Crippen LogP contribution in [0.15, 0.2) is 18.2 Å². The van der Waals surface area contributed by atoms with Crippen LogP contribution in [0.3, 0.4) is 0 Å². The minimum atomic E-state index is -2.00. The molecule has 0 aliphatic carbocycles. The summed E-state index contributed by atoms with van der Waals surface area (Å²) in [6.45, 7) is 0. The Morgan fingerprint density at radius 1 is 1.22 bits per heavy atom. The van der Waals surface area contributed by atoms with Gasteiger partial charge in [-0.3, -0.25) is 0 Å². The monoisotopic (exact) mass is 256 g/mol. The Bertz CT molecular complexity index is 468. The first-order valence-electron chi connectivity index (χ1n) is 4.88. The second-order valence-electron chi connectivity index (χ2n) is 3.49. The van der Waals surface area contributed by atoms with Crippen LogP contribution in [0.2, 0.25) is 0 Å². The van der Waals surface area contributed by atoms with Gasteiger partial charge in [0.1, 0.15) is 17.4 Å². The molecule has 98 valence electrons. The fraction of sp³-hybridized carbons (Fsp3) is 0.273. The van der Waals surface area contributed by atoms with E-state index < -0.39 is 24.1 Å². The van der Waals surface area contributed by atoms with Crippen LogP contribution in [0.25, 0.3) is 0 Å². The smallest absolute Gasteiger partial charge is 0.339 e. The highest BCUT2D eigenvalue weighted by atomic mass is 16.5. The molecule has 0 aliphatic heterocycles. The highest BCUT2D eigenvalue weighted by Gasteiger charge is 2.26. The van der Waals surface area contributed by atoms with Crippen molar-refractivity contribution in [2.24, 2.45) is 0 Å². The molecule has 0 bridgehead atoms. The standard InChI is InChI=1S/C11H12O7/c1-18-7-4-5(2-3-6(7)10(14)15)8(12)9(13)11(16)17/h2-4,8-9,12-13H,1H3,(H,14,15)(H,16,17). The second kappa shape index (κ2) is 5.48. The quantitative estimate of drug-likeness (QED) is 0.578. The molecule has 4 N–H and O–H groups in total. The molecular weight excluding hydrogens is 244 g/mol. The molecule has 7 nitrogen and oxygen atoms in total. The summed E-state index contributed by atoms with van der Waals surface area (Å²) in [6, 6.07) is 3.54. The molecule has 0 heterocycles. The van der Waals surface area contributed by atoms with E-state index in [0.29, 0.717) is 0 Å². The highest BCUT2D eigenvalue weighted by molar-refractivity contribution is 5.91. The maximum atomic E-state index is 10.8. The number of hydrogen-bond acceptors (Lipinski definition) is 5. The van der Waals surface area contributed by atoms with Gasteiger partial charge in [0.2, 0.25) is 0 Å². The van der Waals surface area contributed by atoms with Crippen molar-refractivity contribution in [1.82, 2.24) is 0 Å². The van der Waals surface area contributed by atoms with Crippen LogP contribution in [0, 0.1) is 0 Å². The van der Waals surface area contributed by atoms with Gasteiger partial charge in [-0.1, -0.05) is 6.07 Å². The second-order valence-corrected chi connectivity index (χ2v) is 3.49. The van der Waals surface area contributed by atoms with Crippen LogP contribution in [0.1, 0.15) is 22.0 Å². The Morgan fingerprint density at radius 3 is 2.28 bits per heavy atom. The van der Waals surface area contributed by atoms with Crippen molar-refractivity contribution in [3.63, 3.8) is 0 Å². The Labute approximate surface area is 102 Å². The van der Waals surface area contributed by atoms with Gasteiger partial charge in [0.25, 0.3) is 0 Å². The number of aliphatic hydroxyl groups excluding tert-OH is 2. The summed E-state index contributed by atoms with van der Waals surface area (Å²) in [5.74, 6) is -2.83. The van der Waals surface area contributed by atoms with Crippen molar-refractivity contribution < 1.29 is 34.8 Å². The molecule has 0 spiro atoms. The van der Waals surface area contributed by atoms with Crippen LogP contribution in [0.5, 0.6) is 5.75 Å². The van der Waals surface area contributed by atoms with Crippen molar-refractivity contribution in [3.8, 4) is 5.75 Å². The summed E-state index contributed by atoms with van der Waals surface area (Å²) in [5.41, 5.74) is -0.0787. The topological polar surface area (TPSA) is 124 Å². The lowest BCUT2D eigenvalue weighted by atomic mass is 10.0. The first kappa shape index (κ1) is 13.9. The SMILES string of the molecule is COc1cc(C(O)C(O)C(=O)O)ccc1C(=O)O. The zero-order chi connectivity index (χ0) is 13.9. The summed E-state index contributed by atoms with van der Waals surface area (Å²) >= 11 is 0. The predicted octanol–water partition coefficient (Wildman–Crippen LogP) is -0.128. The summed E-state index contributed by atoms with van der Waals surface area (Å²) < 4.78 is 4.82. The molecule has 0 saturated carbocycles. The number of aromatic carboxylic acids is 1. The Hall–Kier alpha value is -2.12. The number of aliphatic carboxylic acids is 1. The molecule has 0 aliphatic rings. The summed E-state index contributed by atoms with van der Waals surface area (Å²) in [6.07, 6.45) is -3.66. The Morgan fingerprint density at radius 2 is 1.83 bits per heavy atom. The molecule has 1 aromatic rings. The van der Waals surface area contributed by atoms with Crippen molar-refractivity contribution in [1.29, 1.82) is 0 Å². The number of methoxy groups -OCH3 is 1. The summed E-state index contributed by atoms with van der Waals surface area (Å²) in [4.78, 5) is 21.3. The molecule has 1 aromatic carbocycles. The van der Waals surface area contributed by atoms with Gasteiger partial charge in [0.05, 0.1) is 7.11 Å². The van der Waals surface area contributed by atoms with Gasteiger partial charge in [0.15, 0.2) is 6.10 Å². The van der Waals surface area contributed by atoms with Crippen LogP contribution in [-0.4, -0.2) is 45.6 Å². The predicted molar refractivity (Wildman–Crippen MR) is 58.6 cm³/mol. The number of carboxylic acids is 2. The van der Waals surface area contributed by atoms with E-state index in [4.69, 9.17) is 14.9 Å². The average Bonchev–Trinajstić information content (AvgIpc) is 2.35. The van der Waals surface area contributed by atoms with Crippen LogP contribution in [0.4, 0.5) is 0 Å².